The van der Waals surface area contributed by atoms with E-state index in [0.717, 1.165) is 35.8 Å². The number of thiazole rings is 1. The van der Waals surface area contributed by atoms with Crippen molar-refractivity contribution in [3.8, 4) is 16.3 Å². The van der Waals surface area contributed by atoms with Crippen LogP contribution in [-0.2, 0) is 11.3 Å². The molecule has 2 heterocycles. The van der Waals surface area contributed by atoms with E-state index in [9.17, 15) is 4.79 Å². The van der Waals surface area contributed by atoms with E-state index in [1.165, 1.54) is 11.3 Å². The van der Waals surface area contributed by atoms with E-state index in [1.807, 2.05) is 40.6 Å². The molecule has 0 saturated carbocycles. The molecule has 1 aliphatic rings. The highest BCUT2D eigenvalue weighted by molar-refractivity contribution is 7.13. The number of halogens is 2. The van der Waals surface area contributed by atoms with Crippen LogP contribution in [0.2, 0.25) is 10.0 Å². The zero-order valence-corrected chi connectivity index (χ0v) is 20.6. The molecule has 6 nitrogen and oxygen atoms in total. The topological polar surface area (TPSA) is 54.9 Å². The third-order valence-electron chi connectivity index (χ3n) is 5.48. The van der Waals surface area contributed by atoms with Crippen LogP contribution in [-0.4, -0.2) is 67.1 Å². The summed E-state index contributed by atoms with van der Waals surface area (Å²) in [7, 11) is 1.71. The lowest BCUT2D eigenvalue weighted by Crippen LogP contribution is -2.49. The van der Waals surface area contributed by atoms with E-state index in [4.69, 9.17) is 32.7 Å². The van der Waals surface area contributed by atoms with Gasteiger partial charge in [-0.15, -0.1) is 11.3 Å². The van der Waals surface area contributed by atoms with Gasteiger partial charge in [-0.1, -0.05) is 41.4 Å². The lowest BCUT2D eigenvalue weighted by atomic mass is 10.2. The number of hydrogen-bond donors (Lipinski definition) is 0. The van der Waals surface area contributed by atoms with Gasteiger partial charge in [0.05, 0.1) is 6.61 Å². The first-order chi connectivity index (χ1) is 16.0. The molecule has 2 aromatic carbocycles. The van der Waals surface area contributed by atoms with E-state index in [2.05, 4.69) is 9.88 Å². The molecule has 1 amide bonds. The lowest BCUT2D eigenvalue weighted by molar-refractivity contribution is 0.0589. The van der Waals surface area contributed by atoms with Crippen LogP contribution in [0.25, 0.3) is 10.6 Å². The van der Waals surface area contributed by atoms with Crippen LogP contribution in [0.3, 0.4) is 0 Å². The first-order valence-corrected chi connectivity index (χ1v) is 12.3. The summed E-state index contributed by atoms with van der Waals surface area (Å²) in [5.74, 6) is 0.683. The number of rotatable bonds is 8. The van der Waals surface area contributed by atoms with Crippen molar-refractivity contribution in [3.63, 3.8) is 0 Å². The Kier molecular flexibility index (Phi) is 8.22. The number of amides is 1. The summed E-state index contributed by atoms with van der Waals surface area (Å²) in [5, 5.41) is 3.77. The molecule has 1 fully saturated rings. The van der Waals surface area contributed by atoms with Crippen molar-refractivity contribution < 1.29 is 14.3 Å². The van der Waals surface area contributed by atoms with Gasteiger partial charge in [0.25, 0.3) is 5.91 Å². The maximum atomic E-state index is 12.9. The number of hydrogen-bond acceptors (Lipinski definition) is 6. The standard InChI is InChI=1S/C24H25Cl2N3O3S/c1-31-12-11-28-7-9-29(10-8-28)24(30)22-16-33-23(27-22)17-3-2-4-20(13-17)32-15-18-5-6-19(25)14-21(18)26/h2-6,13-14,16H,7-12,15H2,1H3. The summed E-state index contributed by atoms with van der Waals surface area (Å²) in [5.41, 5.74) is 2.25. The quantitative estimate of drug-likeness (QED) is 0.426. The predicted octanol–water partition coefficient (Wildman–Crippen LogP) is 5.10. The fraction of sp³-hybridized carbons (Fsp3) is 0.333. The average molecular weight is 506 g/mol. The third kappa shape index (κ3) is 6.25. The Labute approximate surface area is 207 Å². The summed E-state index contributed by atoms with van der Waals surface area (Å²) in [6.07, 6.45) is 0. The second-order valence-electron chi connectivity index (χ2n) is 7.72. The van der Waals surface area contributed by atoms with Gasteiger partial charge < -0.3 is 14.4 Å². The van der Waals surface area contributed by atoms with E-state index >= 15 is 0 Å². The number of nitrogens with zero attached hydrogens (tertiary/aromatic N) is 3. The minimum Gasteiger partial charge on any atom is -0.489 e. The summed E-state index contributed by atoms with van der Waals surface area (Å²) in [6.45, 7) is 5.03. The minimum absolute atomic E-state index is 0.0197. The van der Waals surface area contributed by atoms with Gasteiger partial charge in [-0.3, -0.25) is 9.69 Å². The fourth-order valence-electron chi connectivity index (χ4n) is 3.58. The highest BCUT2D eigenvalue weighted by atomic mass is 35.5. The molecule has 1 aliphatic heterocycles. The molecule has 1 saturated heterocycles. The van der Waals surface area contributed by atoms with Gasteiger partial charge in [0.2, 0.25) is 0 Å². The van der Waals surface area contributed by atoms with Crippen LogP contribution in [0.1, 0.15) is 16.1 Å². The Bertz CT molecular complexity index is 1100. The number of ether oxygens (including phenoxy) is 2. The zero-order chi connectivity index (χ0) is 23.2. The van der Waals surface area contributed by atoms with Crippen LogP contribution < -0.4 is 4.74 Å². The Hall–Kier alpha value is -2.16. The van der Waals surface area contributed by atoms with E-state index in [-0.39, 0.29) is 5.91 Å². The molecule has 0 N–H and O–H groups in total. The van der Waals surface area contributed by atoms with Gasteiger partial charge in [-0.2, -0.15) is 0 Å². The van der Waals surface area contributed by atoms with Crippen molar-refractivity contribution in [2.24, 2.45) is 0 Å². The summed E-state index contributed by atoms with van der Waals surface area (Å²) < 4.78 is 11.1. The van der Waals surface area contributed by atoms with Crippen molar-refractivity contribution in [3.05, 3.63) is 69.1 Å². The summed E-state index contributed by atoms with van der Waals surface area (Å²) in [4.78, 5) is 21.7. The normalized spacial score (nSPS) is 14.5. The molecule has 0 spiro atoms. The van der Waals surface area contributed by atoms with Gasteiger partial charge in [0.1, 0.15) is 23.1 Å². The Morgan fingerprint density at radius 2 is 1.94 bits per heavy atom. The molecule has 3 aromatic rings. The Morgan fingerprint density at radius 1 is 1.12 bits per heavy atom. The third-order valence-corrected chi connectivity index (χ3v) is 6.96. The minimum atomic E-state index is -0.0197. The van der Waals surface area contributed by atoms with Crippen LogP contribution in [0.5, 0.6) is 5.75 Å². The second-order valence-corrected chi connectivity index (χ2v) is 9.42. The van der Waals surface area contributed by atoms with Crippen molar-refractivity contribution in [1.29, 1.82) is 0 Å². The number of carbonyl (C=O) groups is 1. The highest BCUT2D eigenvalue weighted by Gasteiger charge is 2.24. The number of carbonyl (C=O) groups excluding carboxylic acids is 1. The lowest BCUT2D eigenvalue weighted by Gasteiger charge is -2.34. The SMILES string of the molecule is COCCN1CCN(C(=O)c2csc(-c3cccc(OCc4ccc(Cl)cc4Cl)c3)n2)CC1. The Balaban J connectivity index is 1.38. The molecule has 33 heavy (non-hydrogen) atoms. The predicted molar refractivity (Wildman–Crippen MR) is 133 cm³/mol. The maximum Gasteiger partial charge on any atom is 0.273 e. The van der Waals surface area contributed by atoms with Crippen LogP contribution >= 0.6 is 34.5 Å². The maximum absolute atomic E-state index is 12.9. The van der Waals surface area contributed by atoms with Crippen molar-refractivity contribution >= 4 is 40.4 Å². The monoisotopic (exact) mass is 505 g/mol. The smallest absolute Gasteiger partial charge is 0.273 e. The van der Waals surface area contributed by atoms with Crippen LogP contribution in [0, 0.1) is 0 Å². The van der Waals surface area contributed by atoms with E-state index in [0.29, 0.717) is 47.8 Å². The molecule has 0 bridgehead atoms. The van der Waals surface area contributed by atoms with Gasteiger partial charge in [-0.25, -0.2) is 4.98 Å². The van der Waals surface area contributed by atoms with Gasteiger partial charge in [0.15, 0.2) is 0 Å². The molecule has 4 rings (SSSR count). The van der Waals surface area contributed by atoms with Crippen molar-refractivity contribution in [2.45, 2.75) is 6.61 Å². The van der Waals surface area contributed by atoms with Crippen LogP contribution in [0.15, 0.2) is 47.8 Å². The zero-order valence-electron chi connectivity index (χ0n) is 18.3. The summed E-state index contributed by atoms with van der Waals surface area (Å²) in [6, 6.07) is 13.0. The molecular weight excluding hydrogens is 481 g/mol. The second kappa shape index (κ2) is 11.3. The summed E-state index contributed by atoms with van der Waals surface area (Å²) >= 11 is 13.6. The average Bonchev–Trinajstić information content (AvgIpc) is 3.33. The fourth-order valence-corrected chi connectivity index (χ4v) is 4.83. The first-order valence-electron chi connectivity index (χ1n) is 10.7. The number of piperazine rings is 1. The van der Waals surface area contributed by atoms with Gasteiger partial charge >= 0.3 is 0 Å². The molecule has 174 valence electrons. The van der Waals surface area contributed by atoms with E-state index < -0.39 is 0 Å². The Morgan fingerprint density at radius 3 is 2.70 bits per heavy atom. The molecule has 0 atom stereocenters. The molecular formula is C24H25Cl2N3O3S. The van der Waals surface area contributed by atoms with E-state index in [1.54, 1.807) is 19.2 Å². The highest BCUT2D eigenvalue weighted by Crippen LogP contribution is 2.29. The van der Waals surface area contributed by atoms with Gasteiger partial charge in [0, 0.05) is 66.4 Å². The van der Waals surface area contributed by atoms with Crippen molar-refractivity contribution in [1.82, 2.24) is 14.8 Å². The first kappa shape index (κ1) is 24.0. The van der Waals surface area contributed by atoms with Gasteiger partial charge in [-0.05, 0) is 24.3 Å². The molecule has 0 unspecified atom stereocenters. The van der Waals surface area contributed by atoms with Crippen molar-refractivity contribution in [2.75, 3.05) is 46.4 Å². The largest absolute Gasteiger partial charge is 0.489 e. The molecule has 0 radical (unpaired) electrons. The van der Waals surface area contributed by atoms with Crippen LogP contribution in [0.4, 0.5) is 0 Å². The molecule has 9 heteroatoms. The molecule has 1 aromatic heterocycles. The number of aromatic nitrogens is 1. The molecule has 0 aliphatic carbocycles. The number of benzene rings is 2. The number of methoxy groups -OCH3 is 1.